The SMILES string of the molecule is C1CCCCCCCC1.C1CCCCCCCC1.[HH]. The van der Waals surface area contributed by atoms with Crippen LogP contribution in [0.2, 0.25) is 0 Å². The molecule has 0 heterocycles. The molecule has 0 saturated heterocycles. The second kappa shape index (κ2) is 13.4. The fraction of sp³-hybridized carbons (Fsp3) is 1.00. The first-order valence-corrected chi connectivity index (χ1v) is 9.00. The van der Waals surface area contributed by atoms with Gasteiger partial charge in [0.15, 0.2) is 0 Å². The molecule has 0 amide bonds. The highest BCUT2D eigenvalue weighted by molar-refractivity contribution is 4.52. The first-order valence-electron chi connectivity index (χ1n) is 9.00. The van der Waals surface area contributed by atoms with E-state index in [-0.39, 0.29) is 1.43 Å². The van der Waals surface area contributed by atoms with Crippen LogP contribution >= 0.6 is 0 Å². The molecule has 2 aliphatic rings. The van der Waals surface area contributed by atoms with Crippen molar-refractivity contribution in [3.63, 3.8) is 0 Å². The number of hydrogen-bond acceptors (Lipinski definition) is 0. The summed E-state index contributed by atoms with van der Waals surface area (Å²) in [5.74, 6) is 0. The topological polar surface area (TPSA) is 0 Å². The van der Waals surface area contributed by atoms with Crippen LogP contribution < -0.4 is 0 Å². The first-order chi connectivity index (χ1) is 9.00. The van der Waals surface area contributed by atoms with E-state index in [0.29, 0.717) is 0 Å². The Bertz CT molecular complexity index is 80.7. The van der Waals surface area contributed by atoms with Crippen molar-refractivity contribution in [3.8, 4) is 0 Å². The smallest absolute Gasteiger partial charge is 0 e. The van der Waals surface area contributed by atoms with Crippen LogP contribution in [-0.2, 0) is 0 Å². The summed E-state index contributed by atoms with van der Waals surface area (Å²) in [5, 5.41) is 0. The average molecular weight is 255 g/mol. The zero-order valence-electron chi connectivity index (χ0n) is 12.7. The van der Waals surface area contributed by atoms with Gasteiger partial charge in [0.25, 0.3) is 0 Å². The molecule has 2 rings (SSSR count). The summed E-state index contributed by atoms with van der Waals surface area (Å²) in [6.07, 6.45) is 27.0. The molecular weight excluding hydrogens is 216 g/mol. The summed E-state index contributed by atoms with van der Waals surface area (Å²) in [6, 6.07) is 0. The van der Waals surface area contributed by atoms with Crippen molar-refractivity contribution in [2.45, 2.75) is 116 Å². The van der Waals surface area contributed by atoms with E-state index < -0.39 is 0 Å². The van der Waals surface area contributed by atoms with Gasteiger partial charge in [-0.05, 0) is 0 Å². The van der Waals surface area contributed by atoms with E-state index in [1.165, 1.54) is 116 Å². The number of hydrogen-bond donors (Lipinski definition) is 0. The molecule has 0 atom stereocenters. The Labute approximate surface area is 117 Å². The van der Waals surface area contributed by atoms with Crippen LogP contribution in [0, 0.1) is 0 Å². The van der Waals surface area contributed by atoms with Crippen LogP contribution in [0.25, 0.3) is 0 Å². The summed E-state index contributed by atoms with van der Waals surface area (Å²) in [7, 11) is 0. The summed E-state index contributed by atoms with van der Waals surface area (Å²) in [6.45, 7) is 0. The minimum atomic E-state index is 0. The maximum atomic E-state index is 1.50. The van der Waals surface area contributed by atoms with Crippen molar-refractivity contribution < 1.29 is 1.43 Å². The Morgan fingerprint density at radius 3 is 0.278 bits per heavy atom. The molecular formula is C18H38. The van der Waals surface area contributed by atoms with Gasteiger partial charge in [0.2, 0.25) is 0 Å². The Morgan fingerprint density at radius 2 is 0.222 bits per heavy atom. The summed E-state index contributed by atoms with van der Waals surface area (Å²) in [4.78, 5) is 0. The molecule has 0 aromatic heterocycles. The minimum absolute atomic E-state index is 0. The molecule has 0 N–H and O–H groups in total. The zero-order valence-corrected chi connectivity index (χ0v) is 12.7. The lowest BCUT2D eigenvalue weighted by Gasteiger charge is -1.93. The molecule has 2 fully saturated rings. The zero-order chi connectivity index (χ0) is 12.7. The van der Waals surface area contributed by atoms with Gasteiger partial charge in [0.05, 0.1) is 0 Å². The van der Waals surface area contributed by atoms with E-state index in [1.807, 2.05) is 0 Å². The van der Waals surface area contributed by atoms with Gasteiger partial charge in [0, 0.05) is 1.43 Å². The summed E-state index contributed by atoms with van der Waals surface area (Å²) in [5.41, 5.74) is 0. The predicted molar refractivity (Wildman–Crippen MR) is 85.2 cm³/mol. The second-order valence-electron chi connectivity index (χ2n) is 6.36. The quantitative estimate of drug-likeness (QED) is 0.426. The average Bonchev–Trinajstić information content (AvgIpc) is 2.65. The van der Waals surface area contributed by atoms with E-state index in [2.05, 4.69) is 0 Å². The third-order valence-electron chi connectivity index (χ3n) is 4.50. The fourth-order valence-electron chi connectivity index (χ4n) is 3.18. The minimum Gasteiger partial charge on any atom is -0.0533 e. The van der Waals surface area contributed by atoms with Crippen molar-refractivity contribution in [2.75, 3.05) is 0 Å². The van der Waals surface area contributed by atoms with Crippen molar-refractivity contribution in [3.05, 3.63) is 0 Å². The molecule has 0 aromatic rings. The normalized spacial score (nSPS) is 24.0. The van der Waals surface area contributed by atoms with E-state index in [4.69, 9.17) is 0 Å². The van der Waals surface area contributed by atoms with Gasteiger partial charge in [-0.2, -0.15) is 0 Å². The summed E-state index contributed by atoms with van der Waals surface area (Å²) < 4.78 is 0. The largest absolute Gasteiger partial charge is 0.0533 e. The van der Waals surface area contributed by atoms with Gasteiger partial charge >= 0.3 is 0 Å². The standard InChI is InChI=1S/2C9H18.H2/c2*1-2-4-6-8-9-7-5-3-1;/h2*1-9H2;1H. The fourth-order valence-corrected chi connectivity index (χ4v) is 3.18. The molecule has 2 aliphatic carbocycles. The molecule has 0 nitrogen and oxygen atoms in total. The van der Waals surface area contributed by atoms with Crippen LogP contribution in [0.4, 0.5) is 0 Å². The maximum Gasteiger partial charge on any atom is 0 e. The molecule has 0 radical (unpaired) electrons. The van der Waals surface area contributed by atoms with Gasteiger partial charge in [0.1, 0.15) is 0 Å². The number of rotatable bonds is 0. The van der Waals surface area contributed by atoms with Crippen molar-refractivity contribution in [1.82, 2.24) is 0 Å². The monoisotopic (exact) mass is 254 g/mol. The Balaban J connectivity index is 0.000000324. The Hall–Kier alpha value is 0. The third-order valence-corrected chi connectivity index (χ3v) is 4.50. The van der Waals surface area contributed by atoms with E-state index in [9.17, 15) is 0 Å². The van der Waals surface area contributed by atoms with Crippen molar-refractivity contribution >= 4 is 0 Å². The van der Waals surface area contributed by atoms with Crippen LogP contribution in [-0.4, -0.2) is 0 Å². The van der Waals surface area contributed by atoms with Crippen molar-refractivity contribution in [2.24, 2.45) is 0 Å². The van der Waals surface area contributed by atoms with Crippen LogP contribution in [0.3, 0.4) is 0 Å². The Kier molecular flexibility index (Phi) is 12.0. The van der Waals surface area contributed by atoms with E-state index in [0.717, 1.165) is 0 Å². The summed E-state index contributed by atoms with van der Waals surface area (Å²) >= 11 is 0. The molecule has 110 valence electrons. The lowest BCUT2D eigenvalue weighted by molar-refractivity contribution is 0.624. The second-order valence-corrected chi connectivity index (χ2v) is 6.36. The molecule has 18 heavy (non-hydrogen) atoms. The van der Waals surface area contributed by atoms with Crippen LogP contribution in [0.5, 0.6) is 0 Å². The first kappa shape index (κ1) is 16.1. The van der Waals surface area contributed by atoms with E-state index in [1.54, 1.807) is 0 Å². The molecule has 0 bridgehead atoms. The van der Waals surface area contributed by atoms with Crippen LogP contribution in [0.15, 0.2) is 0 Å². The van der Waals surface area contributed by atoms with Gasteiger partial charge in [-0.1, -0.05) is 116 Å². The van der Waals surface area contributed by atoms with Crippen molar-refractivity contribution in [1.29, 1.82) is 0 Å². The lowest BCUT2D eigenvalue weighted by atomic mass is 10.1. The molecule has 0 aliphatic heterocycles. The Morgan fingerprint density at radius 1 is 0.167 bits per heavy atom. The van der Waals surface area contributed by atoms with Gasteiger partial charge in [-0.25, -0.2) is 0 Å². The maximum absolute atomic E-state index is 1.50. The molecule has 0 unspecified atom stereocenters. The molecule has 0 spiro atoms. The molecule has 2 saturated carbocycles. The third kappa shape index (κ3) is 11.1. The lowest BCUT2D eigenvalue weighted by Crippen LogP contribution is -1.73. The van der Waals surface area contributed by atoms with Gasteiger partial charge < -0.3 is 0 Å². The predicted octanol–water partition coefficient (Wildman–Crippen LogP) is 7.27. The molecule has 0 heteroatoms. The highest BCUT2D eigenvalue weighted by Gasteiger charge is 1.96. The highest BCUT2D eigenvalue weighted by Crippen LogP contribution is 2.16. The van der Waals surface area contributed by atoms with Gasteiger partial charge in [-0.3, -0.25) is 0 Å². The van der Waals surface area contributed by atoms with E-state index >= 15 is 0 Å². The highest BCUT2D eigenvalue weighted by atomic mass is 14.0. The molecule has 0 aromatic carbocycles. The van der Waals surface area contributed by atoms with Crippen LogP contribution in [0.1, 0.15) is 117 Å². The van der Waals surface area contributed by atoms with Gasteiger partial charge in [-0.15, -0.1) is 0 Å².